The van der Waals surface area contributed by atoms with E-state index in [-0.39, 0.29) is 29.5 Å². The molecule has 0 heterocycles. The fourth-order valence-corrected chi connectivity index (χ4v) is 3.30. The van der Waals surface area contributed by atoms with Crippen LogP contribution in [-0.4, -0.2) is 50.1 Å². The first-order chi connectivity index (χ1) is 16.0. The molecule has 0 aliphatic heterocycles. The summed E-state index contributed by atoms with van der Waals surface area (Å²) in [6.45, 7) is 7.51. The Morgan fingerprint density at radius 1 is 0.853 bits per heavy atom. The van der Waals surface area contributed by atoms with Gasteiger partial charge in [-0.15, -0.1) is 0 Å². The topological polar surface area (TPSA) is 160 Å². The lowest BCUT2D eigenvalue weighted by atomic mass is 10.0. The minimum atomic E-state index is -0.870. The fourth-order valence-electron chi connectivity index (χ4n) is 3.30. The zero-order valence-electron chi connectivity index (χ0n) is 20.5. The van der Waals surface area contributed by atoms with Crippen LogP contribution in [0, 0.1) is 11.8 Å². The summed E-state index contributed by atoms with van der Waals surface area (Å²) in [6.07, 6.45) is 0.723. The number of hydrogen-bond acceptors (Lipinski definition) is 7. The maximum Gasteiger partial charge on any atom is 0.328 e. The van der Waals surface area contributed by atoms with E-state index >= 15 is 0 Å². The summed E-state index contributed by atoms with van der Waals surface area (Å²) in [5.74, 6) is -2.14. The number of ether oxygens (including phenoxy) is 2. The second kappa shape index (κ2) is 13.8. The number of amides is 2. The van der Waals surface area contributed by atoms with Crippen molar-refractivity contribution >= 4 is 23.8 Å². The van der Waals surface area contributed by atoms with Crippen molar-refractivity contribution in [3.8, 4) is 0 Å². The van der Waals surface area contributed by atoms with Crippen LogP contribution in [0.5, 0.6) is 0 Å². The Kier molecular flexibility index (Phi) is 11.6. The third kappa shape index (κ3) is 9.11. The molecule has 0 aromatic heterocycles. The van der Waals surface area contributed by atoms with Gasteiger partial charge in [0.05, 0.1) is 20.8 Å². The molecule has 1 aromatic rings. The first kappa shape index (κ1) is 28.4. The van der Waals surface area contributed by atoms with E-state index < -0.39 is 35.8 Å². The Morgan fingerprint density at radius 2 is 1.26 bits per heavy atom. The minimum absolute atomic E-state index is 0.0897. The van der Waals surface area contributed by atoms with Crippen molar-refractivity contribution in [2.24, 2.45) is 17.0 Å². The molecule has 1 aromatic carbocycles. The van der Waals surface area contributed by atoms with Crippen molar-refractivity contribution < 1.29 is 28.7 Å². The van der Waals surface area contributed by atoms with E-state index in [4.69, 9.17) is 15.0 Å². The summed E-state index contributed by atoms with van der Waals surface area (Å²) < 4.78 is 9.56. The van der Waals surface area contributed by atoms with Crippen LogP contribution in [-0.2, 0) is 25.6 Å². The van der Waals surface area contributed by atoms with E-state index in [0.717, 1.165) is 0 Å². The van der Waals surface area contributed by atoms with Crippen molar-refractivity contribution in [2.45, 2.75) is 59.2 Å². The molecule has 0 spiro atoms. The van der Waals surface area contributed by atoms with Gasteiger partial charge in [0.1, 0.15) is 12.1 Å². The number of nitrogens with zero attached hydrogens (tertiary/aromatic N) is 3. The van der Waals surface area contributed by atoms with Crippen molar-refractivity contribution in [1.82, 2.24) is 10.6 Å². The highest BCUT2D eigenvalue weighted by molar-refractivity contribution is 6.02. The van der Waals surface area contributed by atoms with Gasteiger partial charge in [-0.2, -0.15) is 0 Å². The molecule has 0 radical (unpaired) electrons. The zero-order chi connectivity index (χ0) is 25.8. The van der Waals surface area contributed by atoms with E-state index in [2.05, 4.69) is 20.7 Å². The molecule has 0 saturated heterocycles. The molecule has 0 unspecified atom stereocenters. The molecule has 1 rings (SSSR count). The smallest absolute Gasteiger partial charge is 0.328 e. The van der Waals surface area contributed by atoms with Crippen molar-refractivity contribution in [2.75, 3.05) is 14.2 Å². The average Bonchev–Trinajstić information content (AvgIpc) is 2.79. The quantitative estimate of drug-likeness (QED) is 0.204. The lowest BCUT2D eigenvalue weighted by molar-refractivity contribution is -0.144. The largest absolute Gasteiger partial charge is 0.467 e. The normalized spacial score (nSPS) is 12.4. The molecular formula is C23H33N5O6. The van der Waals surface area contributed by atoms with Gasteiger partial charge in [-0.1, -0.05) is 32.8 Å². The third-order valence-corrected chi connectivity index (χ3v) is 4.83. The first-order valence-electron chi connectivity index (χ1n) is 10.9. The molecule has 2 amide bonds. The number of esters is 2. The number of azide groups is 1. The average molecular weight is 476 g/mol. The van der Waals surface area contributed by atoms with Gasteiger partial charge in [0.15, 0.2) is 0 Å². The molecule has 2 N–H and O–H groups in total. The van der Waals surface area contributed by atoms with Crippen LogP contribution in [0.3, 0.4) is 0 Å². The van der Waals surface area contributed by atoms with Gasteiger partial charge >= 0.3 is 11.9 Å². The van der Waals surface area contributed by atoms with E-state index in [1.165, 1.54) is 32.4 Å². The van der Waals surface area contributed by atoms with Crippen LogP contribution in [0.15, 0.2) is 23.3 Å². The highest BCUT2D eigenvalue weighted by Gasteiger charge is 2.26. The monoisotopic (exact) mass is 475 g/mol. The lowest BCUT2D eigenvalue weighted by Crippen LogP contribution is -2.43. The van der Waals surface area contributed by atoms with Gasteiger partial charge in [0.25, 0.3) is 11.8 Å². The highest BCUT2D eigenvalue weighted by atomic mass is 16.5. The maximum atomic E-state index is 13.0. The standard InChI is InChI=1S/C23H33N5O6/c1-13(2)7-18(22(31)33-5)26-20(29)16-9-15(12-25-28-24)10-17(11-16)21(30)27-19(8-14(3)4)23(32)34-6/h9-11,13-14,18-19H,7-8,12H2,1-6H3,(H,26,29)(H,27,30)/t18-,19-/m0/s1. The predicted molar refractivity (Wildman–Crippen MR) is 125 cm³/mol. The molecule has 2 atom stereocenters. The third-order valence-electron chi connectivity index (χ3n) is 4.83. The predicted octanol–water partition coefficient (Wildman–Crippen LogP) is 3.13. The minimum Gasteiger partial charge on any atom is -0.467 e. The summed E-state index contributed by atoms with van der Waals surface area (Å²) in [5, 5.41) is 8.77. The molecule has 0 aliphatic carbocycles. The molecule has 0 saturated carbocycles. The van der Waals surface area contributed by atoms with E-state index in [0.29, 0.717) is 18.4 Å². The number of methoxy groups -OCH3 is 2. The summed E-state index contributed by atoms with van der Waals surface area (Å²) in [4.78, 5) is 52.8. The van der Waals surface area contributed by atoms with Crippen LogP contribution in [0.25, 0.3) is 10.4 Å². The van der Waals surface area contributed by atoms with Gasteiger partial charge in [-0.05, 0) is 54.0 Å². The van der Waals surface area contributed by atoms with Crippen molar-refractivity contribution in [3.63, 3.8) is 0 Å². The lowest BCUT2D eigenvalue weighted by Gasteiger charge is -2.20. The Labute approximate surface area is 199 Å². The van der Waals surface area contributed by atoms with E-state index in [9.17, 15) is 19.2 Å². The van der Waals surface area contributed by atoms with E-state index in [1.54, 1.807) is 0 Å². The zero-order valence-corrected chi connectivity index (χ0v) is 20.5. The van der Waals surface area contributed by atoms with E-state index in [1.807, 2.05) is 27.7 Å². The van der Waals surface area contributed by atoms with Gasteiger partial charge in [-0.25, -0.2) is 9.59 Å². The van der Waals surface area contributed by atoms with Crippen LogP contribution in [0.4, 0.5) is 0 Å². The Hall–Kier alpha value is -3.59. The van der Waals surface area contributed by atoms with Gasteiger partial charge in [0, 0.05) is 16.0 Å². The van der Waals surface area contributed by atoms with Crippen LogP contribution < -0.4 is 10.6 Å². The summed E-state index contributed by atoms with van der Waals surface area (Å²) in [5.41, 5.74) is 9.25. The maximum absolute atomic E-state index is 13.0. The molecule has 0 aliphatic rings. The number of nitrogens with one attached hydrogen (secondary N) is 2. The molecule has 11 nitrogen and oxygen atoms in total. The molecule has 34 heavy (non-hydrogen) atoms. The van der Waals surface area contributed by atoms with Crippen LogP contribution in [0.1, 0.15) is 66.8 Å². The van der Waals surface area contributed by atoms with Crippen LogP contribution in [0.2, 0.25) is 0 Å². The van der Waals surface area contributed by atoms with Gasteiger partial charge in [0.2, 0.25) is 0 Å². The molecule has 186 valence electrons. The summed E-state index contributed by atoms with van der Waals surface area (Å²) >= 11 is 0. The Morgan fingerprint density at radius 3 is 1.59 bits per heavy atom. The Bertz CT molecular complexity index is 878. The van der Waals surface area contributed by atoms with Gasteiger partial charge < -0.3 is 20.1 Å². The molecule has 11 heteroatoms. The first-order valence-corrected chi connectivity index (χ1v) is 10.9. The van der Waals surface area contributed by atoms with Gasteiger partial charge in [-0.3, -0.25) is 9.59 Å². The number of carbonyl (C=O) groups excluding carboxylic acids is 4. The van der Waals surface area contributed by atoms with Crippen molar-refractivity contribution in [3.05, 3.63) is 45.3 Å². The molecule has 0 fully saturated rings. The number of benzene rings is 1. The molecular weight excluding hydrogens is 442 g/mol. The van der Waals surface area contributed by atoms with Crippen molar-refractivity contribution in [1.29, 1.82) is 0 Å². The number of carbonyl (C=O) groups is 4. The number of hydrogen-bond donors (Lipinski definition) is 2. The second-order valence-electron chi connectivity index (χ2n) is 8.67. The fraction of sp³-hybridized carbons (Fsp3) is 0.565. The van der Waals surface area contributed by atoms with Crippen LogP contribution >= 0.6 is 0 Å². The SMILES string of the molecule is COC(=O)[C@H](CC(C)C)NC(=O)c1cc(CN=[N+]=[N-])cc(C(=O)N[C@@H](CC(C)C)C(=O)OC)c1. The Balaban J connectivity index is 3.29. The highest BCUT2D eigenvalue weighted by Crippen LogP contribution is 2.15. The number of rotatable bonds is 12. The molecule has 0 bridgehead atoms. The second-order valence-corrected chi connectivity index (χ2v) is 8.67. The summed E-state index contributed by atoms with van der Waals surface area (Å²) in [7, 11) is 2.47. The summed E-state index contributed by atoms with van der Waals surface area (Å²) in [6, 6.07) is 2.54.